The first-order valence-electron chi connectivity index (χ1n) is 11.8. The summed E-state index contributed by atoms with van der Waals surface area (Å²) in [5.41, 5.74) is 3.00. The molecule has 2 aliphatic rings. The fourth-order valence-electron chi connectivity index (χ4n) is 4.95. The van der Waals surface area contributed by atoms with E-state index in [2.05, 4.69) is 0 Å². The summed E-state index contributed by atoms with van der Waals surface area (Å²) in [7, 11) is 3.04. The van der Waals surface area contributed by atoms with Gasteiger partial charge in [0.05, 0.1) is 31.4 Å². The largest absolute Gasteiger partial charge is 0.507 e. The molecule has 3 aromatic rings. The van der Waals surface area contributed by atoms with Crippen molar-refractivity contribution in [3.05, 3.63) is 82.4 Å². The Labute approximate surface area is 214 Å². The van der Waals surface area contributed by atoms with E-state index in [0.29, 0.717) is 53.0 Å². The molecule has 0 radical (unpaired) electrons. The number of amides is 1. The zero-order valence-electron chi connectivity index (χ0n) is 21.0. The molecule has 8 heteroatoms. The van der Waals surface area contributed by atoms with Gasteiger partial charge in [-0.25, -0.2) is 0 Å². The summed E-state index contributed by atoms with van der Waals surface area (Å²) in [6, 6.07) is 14.9. The molecule has 3 aromatic carbocycles. The molecule has 8 nitrogen and oxygen atoms in total. The highest BCUT2D eigenvalue weighted by Gasteiger charge is 2.47. The van der Waals surface area contributed by atoms with Crippen LogP contribution in [0.15, 0.2) is 60.2 Å². The van der Waals surface area contributed by atoms with Gasteiger partial charge in [0.25, 0.3) is 11.7 Å². The molecular weight excluding hydrogens is 474 g/mol. The quantitative estimate of drug-likeness (QED) is 0.307. The number of aliphatic hydroxyl groups excluding tert-OH is 1. The van der Waals surface area contributed by atoms with E-state index in [1.165, 1.54) is 19.1 Å². The topological polar surface area (TPSA) is 94.5 Å². The van der Waals surface area contributed by atoms with Gasteiger partial charge in [-0.2, -0.15) is 0 Å². The van der Waals surface area contributed by atoms with Crippen LogP contribution in [0.25, 0.3) is 5.76 Å². The van der Waals surface area contributed by atoms with Crippen molar-refractivity contribution < 1.29 is 33.6 Å². The van der Waals surface area contributed by atoms with Crippen LogP contribution in [0.4, 0.5) is 5.69 Å². The van der Waals surface area contributed by atoms with E-state index < -0.39 is 17.7 Å². The smallest absolute Gasteiger partial charge is 0.300 e. The number of aryl methyl sites for hydroxylation is 2. The van der Waals surface area contributed by atoms with Crippen LogP contribution in [0.1, 0.15) is 28.3 Å². The van der Waals surface area contributed by atoms with Crippen molar-refractivity contribution in [1.29, 1.82) is 0 Å². The molecule has 1 N–H and O–H groups in total. The molecule has 190 valence electrons. The molecule has 5 rings (SSSR count). The third kappa shape index (κ3) is 4.14. The number of ketones is 1. The van der Waals surface area contributed by atoms with Gasteiger partial charge in [-0.1, -0.05) is 18.2 Å². The number of fused-ring (bicyclic) bond motifs is 1. The summed E-state index contributed by atoms with van der Waals surface area (Å²) >= 11 is 0. The molecule has 2 aliphatic heterocycles. The van der Waals surface area contributed by atoms with E-state index in [1.807, 2.05) is 19.9 Å². The van der Waals surface area contributed by atoms with E-state index in [0.717, 1.165) is 11.1 Å². The molecule has 0 aromatic heterocycles. The Kier molecular flexibility index (Phi) is 6.25. The maximum absolute atomic E-state index is 13.6. The van der Waals surface area contributed by atoms with Gasteiger partial charge in [0.1, 0.15) is 30.5 Å². The van der Waals surface area contributed by atoms with Crippen molar-refractivity contribution in [3.8, 4) is 23.0 Å². The van der Waals surface area contributed by atoms with E-state index in [1.54, 1.807) is 48.5 Å². The van der Waals surface area contributed by atoms with Crippen molar-refractivity contribution in [1.82, 2.24) is 0 Å². The predicted octanol–water partition coefficient (Wildman–Crippen LogP) is 4.72. The van der Waals surface area contributed by atoms with Gasteiger partial charge in [-0.05, 0) is 60.9 Å². The fourth-order valence-corrected chi connectivity index (χ4v) is 4.95. The van der Waals surface area contributed by atoms with Crippen LogP contribution in [0.2, 0.25) is 0 Å². The minimum absolute atomic E-state index is 0.0450. The second-order valence-corrected chi connectivity index (χ2v) is 8.94. The lowest BCUT2D eigenvalue weighted by molar-refractivity contribution is -0.132. The number of ether oxygens (including phenoxy) is 4. The van der Waals surface area contributed by atoms with Crippen molar-refractivity contribution in [2.75, 3.05) is 32.3 Å². The number of nitrogens with zero attached hydrogens (tertiary/aromatic N) is 1. The number of aliphatic hydroxyl groups is 1. The number of anilines is 1. The summed E-state index contributed by atoms with van der Waals surface area (Å²) in [5.74, 6) is 0.133. The summed E-state index contributed by atoms with van der Waals surface area (Å²) in [4.78, 5) is 28.5. The Hall–Kier alpha value is -4.46. The average molecular weight is 502 g/mol. The Bertz CT molecular complexity index is 1440. The normalized spacial score (nSPS) is 18.2. The van der Waals surface area contributed by atoms with Crippen molar-refractivity contribution >= 4 is 23.1 Å². The van der Waals surface area contributed by atoms with E-state index in [4.69, 9.17) is 18.9 Å². The monoisotopic (exact) mass is 501 g/mol. The number of hydrogen-bond donors (Lipinski definition) is 1. The number of carbonyl (C=O) groups excluding carboxylic acids is 2. The highest BCUT2D eigenvalue weighted by atomic mass is 16.6. The number of methoxy groups -OCH3 is 2. The molecule has 2 heterocycles. The Balaban J connectivity index is 1.75. The lowest BCUT2D eigenvalue weighted by Crippen LogP contribution is -2.29. The van der Waals surface area contributed by atoms with Gasteiger partial charge in [0, 0.05) is 11.8 Å². The zero-order valence-corrected chi connectivity index (χ0v) is 21.0. The van der Waals surface area contributed by atoms with Gasteiger partial charge < -0.3 is 24.1 Å². The highest BCUT2D eigenvalue weighted by Crippen LogP contribution is 2.46. The molecule has 0 spiro atoms. The number of carbonyl (C=O) groups is 2. The summed E-state index contributed by atoms with van der Waals surface area (Å²) in [5, 5.41) is 11.6. The van der Waals surface area contributed by atoms with Gasteiger partial charge in [0.2, 0.25) is 0 Å². The van der Waals surface area contributed by atoms with Crippen molar-refractivity contribution in [2.24, 2.45) is 0 Å². The Morgan fingerprint density at radius 1 is 0.946 bits per heavy atom. The molecule has 1 atom stereocenters. The standard InChI is InChI=1S/C29H27NO7/c1-16-12-17(2)28(35-4)21(13-16)26(31)24-25(18-6-5-7-20(14-18)34-3)30(29(33)27(24)32)19-8-9-22-23(15-19)37-11-10-36-22/h5-9,12-15,25,31H,10-11H2,1-4H3/b26-24+. The summed E-state index contributed by atoms with van der Waals surface area (Å²) in [6.45, 7) is 4.55. The molecule has 1 amide bonds. The first-order chi connectivity index (χ1) is 17.8. The predicted molar refractivity (Wildman–Crippen MR) is 138 cm³/mol. The zero-order chi connectivity index (χ0) is 26.3. The van der Waals surface area contributed by atoms with E-state index in [-0.39, 0.29) is 11.3 Å². The average Bonchev–Trinajstić information content (AvgIpc) is 3.17. The molecule has 0 aliphatic carbocycles. The third-order valence-corrected chi connectivity index (χ3v) is 6.54. The van der Waals surface area contributed by atoms with Gasteiger partial charge >= 0.3 is 0 Å². The van der Waals surface area contributed by atoms with Crippen LogP contribution in [0.3, 0.4) is 0 Å². The minimum Gasteiger partial charge on any atom is -0.507 e. The van der Waals surface area contributed by atoms with Crippen LogP contribution in [-0.2, 0) is 9.59 Å². The minimum atomic E-state index is -0.928. The molecule has 1 fully saturated rings. The second-order valence-electron chi connectivity index (χ2n) is 8.94. The first-order valence-corrected chi connectivity index (χ1v) is 11.8. The number of rotatable bonds is 5. The van der Waals surface area contributed by atoms with Crippen molar-refractivity contribution in [2.45, 2.75) is 19.9 Å². The highest BCUT2D eigenvalue weighted by molar-refractivity contribution is 6.51. The lowest BCUT2D eigenvalue weighted by Gasteiger charge is -2.27. The fraction of sp³-hybridized carbons (Fsp3) is 0.241. The lowest BCUT2D eigenvalue weighted by atomic mass is 9.93. The summed E-state index contributed by atoms with van der Waals surface area (Å²) < 4.78 is 22.3. The molecule has 1 saturated heterocycles. The van der Waals surface area contributed by atoms with Crippen LogP contribution < -0.4 is 23.8 Å². The maximum atomic E-state index is 13.6. The molecule has 37 heavy (non-hydrogen) atoms. The van der Waals surface area contributed by atoms with E-state index >= 15 is 0 Å². The number of benzene rings is 3. The Morgan fingerprint density at radius 2 is 1.70 bits per heavy atom. The molecule has 1 unspecified atom stereocenters. The third-order valence-electron chi connectivity index (χ3n) is 6.54. The van der Waals surface area contributed by atoms with Gasteiger partial charge in [-0.15, -0.1) is 0 Å². The summed E-state index contributed by atoms with van der Waals surface area (Å²) in [6.07, 6.45) is 0. The van der Waals surface area contributed by atoms with E-state index in [9.17, 15) is 14.7 Å². The van der Waals surface area contributed by atoms with Gasteiger partial charge in [-0.3, -0.25) is 14.5 Å². The van der Waals surface area contributed by atoms with Crippen LogP contribution in [0, 0.1) is 13.8 Å². The van der Waals surface area contributed by atoms with Crippen LogP contribution in [0.5, 0.6) is 23.0 Å². The maximum Gasteiger partial charge on any atom is 0.300 e. The van der Waals surface area contributed by atoms with Crippen molar-refractivity contribution in [3.63, 3.8) is 0 Å². The van der Waals surface area contributed by atoms with Gasteiger partial charge in [0.15, 0.2) is 11.5 Å². The van der Waals surface area contributed by atoms with Crippen LogP contribution in [-0.4, -0.2) is 44.2 Å². The Morgan fingerprint density at radius 3 is 2.43 bits per heavy atom. The molecule has 0 saturated carbocycles. The SMILES string of the molecule is COc1cccc(C2/C(=C(\O)c3cc(C)cc(C)c3OC)C(=O)C(=O)N2c2ccc3c(c2)OCCO3)c1. The number of Topliss-reactive ketones (excluding diaryl/α,β-unsaturated/α-hetero) is 1. The molecule has 0 bridgehead atoms. The van der Waals surface area contributed by atoms with Crippen LogP contribution >= 0.6 is 0 Å². The number of hydrogen-bond acceptors (Lipinski definition) is 7. The molecular formula is C29H27NO7. The first kappa shape index (κ1) is 24.2. The second kappa shape index (κ2) is 9.54.